The molecule has 0 fully saturated rings. The van der Waals surface area contributed by atoms with E-state index in [1.807, 2.05) is 48.5 Å². The van der Waals surface area contributed by atoms with Gasteiger partial charge in [-0.25, -0.2) is 0 Å². The first kappa shape index (κ1) is 24.5. The van der Waals surface area contributed by atoms with Crippen LogP contribution in [0.15, 0.2) is 70.5 Å². The van der Waals surface area contributed by atoms with E-state index in [2.05, 4.69) is 10.2 Å². The van der Waals surface area contributed by atoms with Crippen molar-refractivity contribution in [1.29, 1.82) is 0 Å². The maximum Gasteiger partial charge on any atom is 0.285 e. The number of nitrogens with zero attached hydrogens (tertiary/aromatic N) is 4. The minimum absolute atomic E-state index is 0.0254. The third kappa shape index (κ3) is 6.51. The van der Waals surface area contributed by atoms with Crippen molar-refractivity contribution >= 4 is 45.4 Å². The number of rotatable bonds is 13. The summed E-state index contributed by atoms with van der Waals surface area (Å²) in [6.07, 6.45) is 13.0. The molecule has 34 heavy (non-hydrogen) atoms. The third-order valence-electron chi connectivity index (χ3n) is 5.80. The largest absolute Gasteiger partial charge is 0.285 e. The second kappa shape index (κ2) is 12.8. The summed E-state index contributed by atoms with van der Waals surface area (Å²) in [5, 5.41) is 11.8. The van der Waals surface area contributed by atoms with Crippen molar-refractivity contribution in [2.45, 2.75) is 51.4 Å². The highest BCUT2D eigenvalue weighted by Gasteiger charge is 2.05. The van der Waals surface area contributed by atoms with Crippen LogP contribution in [0.4, 0.5) is 0 Å². The minimum Gasteiger partial charge on any atom is -0.266 e. The van der Waals surface area contributed by atoms with Gasteiger partial charge in [0.2, 0.25) is 0 Å². The highest BCUT2D eigenvalue weighted by Crippen LogP contribution is 2.15. The minimum atomic E-state index is -0.0254. The van der Waals surface area contributed by atoms with Crippen molar-refractivity contribution in [1.82, 2.24) is 18.4 Å². The summed E-state index contributed by atoms with van der Waals surface area (Å²) >= 11 is 3.00. The molecule has 4 rings (SSSR count). The van der Waals surface area contributed by atoms with E-state index in [1.165, 1.54) is 70.6 Å². The van der Waals surface area contributed by atoms with Gasteiger partial charge in [0.15, 0.2) is 0 Å². The third-order valence-corrected chi connectivity index (χ3v) is 7.75. The molecule has 0 atom stereocenters. The average Bonchev–Trinajstić information content (AvgIpc) is 2.87. The highest BCUT2D eigenvalue weighted by atomic mass is 32.2. The smallest absolute Gasteiger partial charge is 0.266 e. The molecule has 0 bridgehead atoms. The van der Waals surface area contributed by atoms with Crippen LogP contribution < -0.4 is 11.1 Å². The van der Waals surface area contributed by atoms with Gasteiger partial charge in [-0.2, -0.15) is 18.4 Å². The number of hydrogen-bond acceptors (Lipinski definition) is 6. The van der Waals surface area contributed by atoms with Gasteiger partial charge in [-0.1, -0.05) is 74.9 Å². The Balaban J connectivity index is 1.03. The van der Waals surface area contributed by atoms with Crippen molar-refractivity contribution in [2.75, 3.05) is 11.5 Å². The Morgan fingerprint density at radius 3 is 1.38 bits per heavy atom. The quantitative estimate of drug-likeness (QED) is 0.215. The number of fused-ring (bicyclic) bond motifs is 2. The van der Waals surface area contributed by atoms with Crippen molar-refractivity contribution in [3.8, 4) is 0 Å². The number of aromatic nitrogens is 4. The van der Waals surface area contributed by atoms with Gasteiger partial charge in [0, 0.05) is 22.3 Å². The van der Waals surface area contributed by atoms with E-state index in [9.17, 15) is 9.59 Å². The van der Waals surface area contributed by atoms with Crippen molar-refractivity contribution in [2.24, 2.45) is 0 Å². The molecule has 8 heteroatoms. The first-order valence-electron chi connectivity index (χ1n) is 11.9. The highest BCUT2D eigenvalue weighted by molar-refractivity contribution is 7.97. The van der Waals surface area contributed by atoms with Gasteiger partial charge >= 0.3 is 0 Å². The monoisotopic (exact) mass is 494 g/mol. The van der Waals surface area contributed by atoms with Crippen LogP contribution in [0.5, 0.6) is 0 Å². The molecule has 0 aliphatic heterocycles. The zero-order chi connectivity index (χ0) is 23.6. The molecular formula is C26H30N4O2S2. The summed E-state index contributed by atoms with van der Waals surface area (Å²) in [5.74, 6) is 1.81. The number of benzene rings is 2. The molecule has 0 amide bonds. The van der Waals surface area contributed by atoms with Crippen molar-refractivity contribution < 1.29 is 0 Å². The van der Waals surface area contributed by atoms with E-state index in [1.54, 1.807) is 12.4 Å². The van der Waals surface area contributed by atoms with E-state index in [-0.39, 0.29) is 11.1 Å². The van der Waals surface area contributed by atoms with Gasteiger partial charge in [-0.3, -0.25) is 9.59 Å². The molecule has 178 valence electrons. The summed E-state index contributed by atoms with van der Waals surface area (Å²) in [7, 11) is 0. The Hall–Kier alpha value is -2.58. The Morgan fingerprint density at radius 1 is 0.559 bits per heavy atom. The molecule has 0 saturated carbocycles. The number of unbranched alkanes of at least 4 members (excludes halogenated alkanes) is 7. The lowest BCUT2D eigenvalue weighted by molar-refractivity contribution is 0.587. The fraction of sp³-hybridized carbons (Fsp3) is 0.385. The first-order valence-corrected chi connectivity index (χ1v) is 13.8. The lowest BCUT2D eigenvalue weighted by Crippen LogP contribution is -2.18. The Bertz CT molecular complexity index is 1230. The molecule has 0 unspecified atom stereocenters. The lowest BCUT2D eigenvalue weighted by Gasteiger charge is -2.06. The zero-order valence-corrected chi connectivity index (χ0v) is 20.9. The van der Waals surface area contributed by atoms with Gasteiger partial charge < -0.3 is 0 Å². The molecular weight excluding hydrogens is 464 g/mol. The molecule has 0 spiro atoms. The van der Waals surface area contributed by atoms with Gasteiger partial charge in [-0.05, 0) is 48.9 Å². The molecule has 6 nitrogen and oxygen atoms in total. The van der Waals surface area contributed by atoms with Crippen LogP contribution in [-0.4, -0.2) is 29.9 Å². The predicted molar refractivity (Wildman–Crippen MR) is 145 cm³/mol. The molecule has 4 aromatic rings. The van der Waals surface area contributed by atoms with E-state index in [4.69, 9.17) is 0 Å². The molecule has 0 radical (unpaired) electrons. The van der Waals surface area contributed by atoms with Crippen LogP contribution in [0.2, 0.25) is 0 Å². The van der Waals surface area contributed by atoms with E-state index in [0.29, 0.717) is 0 Å². The maximum absolute atomic E-state index is 12.4. The Labute approximate surface area is 208 Å². The summed E-state index contributed by atoms with van der Waals surface area (Å²) in [5.41, 5.74) is -0.0509. The van der Waals surface area contributed by atoms with Crippen molar-refractivity contribution in [3.63, 3.8) is 0 Å². The van der Waals surface area contributed by atoms with Gasteiger partial charge in [-0.15, -0.1) is 0 Å². The second-order valence-electron chi connectivity index (χ2n) is 8.31. The molecule has 0 aliphatic carbocycles. The summed E-state index contributed by atoms with van der Waals surface area (Å²) < 4.78 is 3.03. The van der Waals surface area contributed by atoms with Crippen LogP contribution >= 0.6 is 23.9 Å². The van der Waals surface area contributed by atoms with E-state index in [0.717, 1.165) is 45.9 Å². The topological polar surface area (TPSA) is 69.8 Å². The predicted octanol–water partition coefficient (Wildman–Crippen LogP) is 5.92. The van der Waals surface area contributed by atoms with Gasteiger partial charge in [0.05, 0.1) is 23.2 Å². The summed E-state index contributed by atoms with van der Waals surface area (Å²) in [6, 6.07) is 15.2. The van der Waals surface area contributed by atoms with Crippen LogP contribution in [0.3, 0.4) is 0 Å². The zero-order valence-electron chi connectivity index (χ0n) is 19.3. The molecule has 2 heterocycles. The number of hydrogen-bond donors (Lipinski definition) is 0. The van der Waals surface area contributed by atoms with Gasteiger partial charge in [0.1, 0.15) is 0 Å². The second-order valence-corrected chi connectivity index (χ2v) is 10.3. The van der Waals surface area contributed by atoms with Gasteiger partial charge in [0.25, 0.3) is 11.1 Å². The SMILES string of the molecule is O=c1c2ccccc2cnn1SCCCCCCCCCCSn1ncc2ccccc2c1=O. The van der Waals surface area contributed by atoms with E-state index >= 15 is 0 Å². The summed E-state index contributed by atoms with van der Waals surface area (Å²) in [4.78, 5) is 24.9. The van der Waals surface area contributed by atoms with Crippen LogP contribution in [0.1, 0.15) is 51.4 Å². The fourth-order valence-corrected chi connectivity index (χ4v) is 5.57. The Kier molecular flexibility index (Phi) is 9.21. The maximum atomic E-state index is 12.4. The first-order chi connectivity index (χ1) is 16.7. The molecule has 0 aliphatic rings. The van der Waals surface area contributed by atoms with Crippen LogP contribution in [0.25, 0.3) is 21.5 Å². The van der Waals surface area contributed by atoms with Crippen LogP contribution in [0, 0.1) is 0 Å². The van der Waals surface area contributed by atoms with Crippen molar-refractivity contribution in [3.05, 3.63) is 81.6 Å². The Morgan fingerprint density at radius 2 is 0.941 bits per heavy atom. The van der Waals surface area contributed by atoms with E-state index < -0.39 is 0 Å². The fourth-order valence-electron chi connectivity index (χ4n) is 3.90. The molecule has 0 saturated heterocycles. The normalized spacial score (nSPS) is 11.4. The average molecular weight is 495 g/mol. The standard InChI is InChI=1S/C26H30N4O2S2/c31-25-23-15-9-7-13-21(23)19-27-29(25)33-17-11-5-3-1-2-4-6-12-18-34-30-26(32)24-16-10-8-14-22(24)20-28-30/h7-10,13-16,19-20H,1-6,11-12,17-18H2. The lowest BCUT2D eigenvalue weighted by atomic mass is 10.1. The van der Waals surface area contributed by atoms with Crippen LogP contribution in [-0.2, 0) is 0 Å². The molecule has 0 N–H and O–H groups in total. The summed E-state index contributed by atoms with van der Waals surface area (Å²) in [6.45, 7) is 0. The molecule has 2 aromatic carbocycles. The molecule has 2 aromatic heterocycles.